The molecule has 0 bridgehead atoms. The summed E-state index contributed by atoms with van der Waals surface area (Å²) in [7, 11) is 0. The predicted molar refractivity (Wildman–Crippen MR) is 101 cm³/mol. The van der Waals surface area contributed by atoms with Crippen LogP contribution in [0.25, 0.3) is 11.3 Å². The lowest BCUT2D eigenvalue weighted by atomic mass is 10.1. The van der Waals surface area contributed by atoms with Crippen molar-refractivity contribution >= 4 is 6.21 Å². The molecule has 1 aliphatic heterocycles. The predicted octanol–water partition coefficient (Wildman–Crippen LogP) is 2.66. The van der Waals surface area contributed by atoms with Crippen LogP contribution in [0.2, 0.25) is 0 Å². The standard InChI is InChI=1S/C20H21N5O/c1-2-5-17(6-3-1)15-25-16-19(14-22-24-9-11-26-12-10-24)20(23-25)18-7-4-8-21-13-18/h1-8,13-14,16H,9-12,15H2/b22-14-. The lowest BCUT2D eigenvalue weighted by molar-refractivity contribution is 0.0397. The van der Waals surface area contributed by atoms with E-state index >= 15 is 0 Å². The molecule has 0 unspecified atom stereocenters. The Kier molecular flexibility index (Phi) is 5.02. The molecule has 0 saturated carbocycles. The number of pyridine rings is 1. The molecule has 26 heavy (non-hydrogen) atoms. The summed E-state index contributed by atoms with van der Waals surface area (Å²) >= 11 is 0. The maximum absolute atomic E-state index is 5.38. The van der Waals surface area contributed by atoms with Crippen LogP contribution in [0, 0.1) is 0 Å². The van der Waals surface area contributed by atoms with Crippen LogP contribution in [0.3, 0.4) is 0 Å². The normalized spacial score (nSPS) is 14.8. The van der Waals surface area contributed by atoms with E-state index in [1.54, 1.807) is 6.20 Å². The SMILES string of the molecule is C(=N/N1CCOCC1)/c1cn(Cc2ccccc2)nc1-c1cccnc1. The van der Waals surface area contributed by atoms with Gasteiger partial charge in [-0.15, -0.1) is 0 Å². The van der Waals surface area contributed by atoms with E-state index in [4.69, 9.17) is 9.84 Å². The Balaban J connectivity index is 1.63. The first-order valence-electron chi connectivity index (χ1n) is 8.77. The molecule has 3 aromatic rings. The summed E-state index contributed by atoms with van der Waals surface area (Å²) in [6, 6.07) is 14.3. The molecular weight excluding hydrogens is 326 g/mol. The fourth-order valence-electron chi connectivity index (χ4n) is 2.92. The summed E-state index contributed by atoms with van der Waals surface area (Å²) in [6.07, 6.45) is 7.54. The van der Waals surface area contributed by atoms with Crippen LogP contribution in [0.1, 0.15) is 11.1 Å². The van der Waals surface area contributed by atoms with Crippen LogP contribution in [0.5, 0.6) is 0 Å². The van der Waals surface area contributed by atoms with Crippen molar-refractivity contribution in [3.8, 4) is 11.3 Å². The second-order valence-electron chi connectivity index (χ2n) is 6.17. The van der Waals surface area contributed by atoms with Crippen LogP contribution in [-0.4, -0.2) is 52.3 Å². The molecule has 0 atom stereocenters. The van der Waals surface area contributed by atoms with Gasteiger partial charge < -0.3 is 4.74 Å². The number of aromatic nitrogens is 3. The van der Waals surface area contributed by atoms with Gasteiger partial charge in [0, 0.05) is 29.7 Å². The van der Waals surface area contributed by atoms with E-state index in [2.05, 4.69) is 22.2 Å². The van der Waals surface area contributed by atoms with E-state index in [9.17, 15) is 0 Å². The monoisotopic (exact) mass is 347 g/mol. The van der Waals surface area contributed by atoms with Crippen LogP contribution >= 0.6 is 0 Å². The number of morpholine rings is 1. The zero-order chi connectivity index (χ0) is 17.6. The lowest BCUT2D eigenvalue weighted by Gasteiger charge is -2.23. The fraction of sp³-hybridized carbons (Fsp3) is 0.250. The summed E-state index contributed by atoms with van der Waals surface area (Å²) in [6.45, 7) is 3.80. The van der Waals surface area contributed by atoms with Crippen molar-refractivity contribution < 1.29 is 4.74 Å². The third kappa shape index (κ3) is 3.97. The van der Waals surface area contributed by atoms with E-state index in [1.165, 1.54) is 5.56 Å². The van der Waals surface area contributed by atoms with Gasteiger partial charge in [-0.2, -0.15) is 10.2 Å². The van der Waals surface area contributed by atoms with Crippen molar-refractivity contribution in [1.82, 2.24) is 19.8 Å². The molecule has 2 aromatic heterocycles. The number of hydrazone groups is 1. The Morgan fingerprint density at radius 1 is 1.08 bits per heavy atom. The Morgan fingerprint density at radius 3 is 2.69 bits per heavy atom. The molecule has 1 aliphatic rings. The molecule has 1 fully saturated rings. The quantitative estimate of drug-likeness (QED) is 0.666. The largest absolute Gasteiger partial charge is 0.378 e. The molecular formula is C20H21N5O. The highest BCUT2D eigenvalue weighted by atomic mass is 16.5. The van der Waals surface area contributed by atoms with Gasteiger partial charge in [0.1, 0.15) is 5.69 Å². The molecule has 1 saturated heterocycles. The Hall–Kier alpha value is -2.99. The molecule has 4 rings (SSSR count). The molecule has 6 nitrogen and oxygen atoms in total. The van der Waals surface area contributed by atoms with Gasteiger partial charge in [-0.1, -0.05) is 30.3 Å². The van der Waals surface area contributed by atoms with Crippen LogP contribution in [0.15, 0.2) is 66.2 Å². The highest BCUT2D eigenvalue weighted by Crippen LogP contribution is 2.20. The van der Waals surface area contributed by atoms with Crippen molar-refractivity contribution in [2.75, 3.05) is 26.3 Å². The van der Waals surface area contributed by atoms with E-state index < -0.39 is 0 Å². The first-order chi connectivity index (χ1) is 12.9. The topological polar surface area (TPSA) is 55.5 Å². The minimum absolute atomic E-state index is 0.722. The van der Waals surface area contributed by atoms with Crippen molar-refractivity contribution in [2.45, 2.75) is 6.54 Å². The fourth-order valence-corrected chi connectivity index (χ4v) is 2.92. The minimum Gasteiger partial charge on any atom is -0.378 e. The smallest absolute Gasteiger partial charge is 0.103 e. The maximum Gasteiger partial charge on any atom is 0.103 e. The van der Waals surface area contributed by atoms with E-state index in [-0.39, 0.29) is 0 Å². The lowest BCUT2D eigenvalue weighted by Crippen LogP contribution is -2.32. The highest BCUT2D eigenvalue weighted by molar-refractivity contribution is 5.88. The zero-order valence-corrected chi connectivity index (χ0v) is 14.5. The van der Waals surface area contributed by atoms with Crippen LogP contribution < -0.4 is 0 Å². The highest BCUT2D eigenvalue weighted by Gasteiger charge is 2.12. The van der Waals surface area contributed by atoms with Gasteiger partial charge in [0.15, 0.2) is 0 Å². The number of hydrogen-bond acceptors (Lipinski definition) is 5. The Morgan fingerprint density at radius 2 is 1.92 bits per heavy atom. The van der Waals surface area contributed by atoms with Crippen LogP contribution in [0.4, 0.5) is 0 Å². The van der Waals surface area contributed by atoms with Gasteiger partial charge in [-0.05, 0) is 17.7 Å². The molecule has 0 aliphatic carbocycles. The summed E-state index contributed by atoms with van der Waals surface area (Å²) in [5.41, 5.74) is 4.08. The van der Waals surface area contributed by atoms with Crippen molar-refractivity contribution in [1.29, 1.82) is 0 Å². The zero-order valence-electron chi connectivity index (χ0n) is 14.5. The summed E-state index contributed by atoms with van der Waals surface area (Å²) in [5, 5.41) is 11.4. The Labute approximate surface area is 152 Å². The maximum atomic E-state index is 5.38. The second kappa shape index (κ2) is 7.93. The summed E-state index contributed by atoms with van der Waals surface area (Å²) in [4.78, 5) is 4.22. The average Bonchev–Trinajstić information content (AvgIpc) is 3.11. The van der Waals surface area contributed by atoms with Gasteiger partial charge >= 0.3 is 0 Å². The number of hydrogen-bond donors (Lipinski definition) is 0. The third-order valence-electron chi connectivity index (χ3n) is 4.26. The Bertz CT molecular complexity index is 854. The van der Waals surface area contributed by atoms with Gasteiger partial charge in [0.25, 0.3) is 0 Å². The third-order valence-corrected chi connectivity index (χ3v) is 4.26. The number of benzene rings is 1. The van der Waals surface area contributed by atoms with Crippen molar-refractivity contribution in [3.05, 3.63) is 72.2 Å². The molecule has 132 valence electrons. The van der Waals surface area contributed by atoms with Gasteiger partial charge in [-0.25, -0.2) is 0 Å². The molecule has 6 heteroatoms. The van der Waals surface area contributed by atoms with Crippen molar-refractivity contribution in [2.24, 2.45) is 5.10 Å². The van der Waals surface area contributed by atoms with Gasteiger partial charge in [0.05, 0.1) is 39.1 Å². The number of rotatable bonds is 5. The number of ether oxygens (including phenoxy) is 1. The average molecular weight is 347 g/mol. The molecule has 0 N–H and O–H groups in total. The molecule has 0 radical (unpaired) electrons. The van der Waals surface area contributed by atoms with E-state index in [0.29, 0.717) is 0 Å². The summed E-state index contributed by atoms with van der Waals surface area (Å²) < 4.78 is 7.33. The first kappa shape index (κ1) is 16.5. The molecule has 0 spiro atoms. The van der Waals surface area contributed by atoms with Crippen LogP contribution in [-0.2, 0) is 11.3 Å². The minimum atomic E-state index is 0.722. The van der Waals surface area contributed by atoms with Gasteiger partial charge in [-0.3, -0.25) is 14.7 Å². The van der Waals surface area contributed by atoms with E-state index in [1.807, 2.05) is 58.6 Å². The number of nitrogens with zero attached hydrogens (tertiary/aromatic N) is 5. The molecule has 0 amide bonds. The molecule has 3 heterocycles. The van der Waals surface area contributed by atoms with E-state index in [0.717, 1.165) is 49.7 Å². The van der Waals surface area contributed by atoms with Gasteiger partial charge in [0.2, 0.25) is 0 Å². The van der Waals surface area contributed by atoms with Crippen molar-refractivity contribution in [3.63, 3.8) is 0 Å². The molecule has 1 aromatic carbocycles. The first-order valence-corrected chi connectivity index (χ1v) is 8.77. The second-order valence-corrected chi connectivity index (χ2v) is 6.17. The summed E-state index contributed by atoms with van der Waals surface area (Å²) in [5.74, 6) is 0.